The molecule has 0 aromatic heterocycles. The lowest BCUT2D eigenvalue weighted by Gasteiger charge is -2.16. The van der Waals surface area contributed by atoms with Gasteiger partial charge in [-0.05, 0) is 24.5 Å². The first-order valence-electron chi connectivity index (χ1n) is 4.62. The average molecular weight is 179 g/mol. The predicted octanol–water partition coefficient (Wildman–Crippen LogP) is 1.68. The van der Waals surface area contributed by atoms with Gasteiger partial charge in [-0.1, -0.05) is 18.2 Å². The summed E-state index contributed by atoms with van der Waals surface area (Å²) in [5.74, 6) is 0. The van der Waals surface area contributed by atoms with Crippen LogP contribution >= 0.6 is 0 Å². The van der Waals surface area contributed by atoms with E-state index in [1.807, 2.05) is 26.2 Å². The van der Waals surface area contributed by atoms with E-state index in [0.29, 0.717) is 0 Å². The molecule has 0 amide bonds. The summed E-state index contributed by atoms with van der Waals surface area (Å²) in [6.45, 7) is 0.266. The molecule has 0 radical (unpaired) electrons. The quantitative estimate of drug-likeness (QED) is 0.760. The number of nitrogens with zero attached hydrogens (tertiary/aromatic N) is 1. The van der Waals surface area contributed by atoms with E-state index in [1.54, 1.807) is 0 Å². The summed E-state index contributed by atoms with van der Waals surface area (Å²) < 4.78 is 0. The molecule has 1 N–H and O–H groups in total. The fourth-order valence-electron chi connectivity index (χ4n) is 1.43. The lowest BCUT2D eigenvalue weighted by molar-refractivity contribution is 0.288. The third-order valence-electron chi connectivity index (χ3n) is 2.08. The smallest absolute Gasteiger partial charge is 0.0434 e. The minimum Gasteiger partial charge on any atom is -0.396 e. The second-order valence-corrected chi connectivity index (χ2v) is 3.35. The van der Waals surface area contributed by atoms with Crippen LogP contribution in [0.5, 0.6) is 0 Å². The molecule has 13 heavy (non-hydrogen) atoms. The first-order valence-corrected chi connectivity index (χ1v) is 4.62. The average Bonchev–Trinajstić information content (AvgIpc) is 2.15. The van der Waals surface area contributed by atoms with Crippen LogP contribution in [0.2, 0.25) is 0 Å². The van der Waals surface area contributed by atoms with E-state index >= 15 is 0 Å². The number of aryl methyl sites for hydroxylation is 1. The minimum absolute atomic E-state index is 0.266. The molecule has 0 bridgehead atoms. The third kappa shape index (κ3) is 2.74. The molecule has 72 valence electrons. The summed E-state index contributed by atoms with van der Waals surface area (Å²) in [5, 5.41) is 8.74. The highest BCUT2D eigenvalue weighted by Gasteiger charge is 2.01. The molecule has 0 aliphatic heterocycles. The SMILES string of the molecule is CN(C)c1ccccc1CCCO. The van der Waals surface area contributed by atoms with Gasteiger partial charge < -0.3 is 10.0 Å². The molecular formula is C11H17NO. The Hall–Kier alpha value is -1.02. The Morgan fingerprint density at radius 2 is 1.92 bits per heavy atom. The van der Waals surface area contributed by atoms with E-state index in [2.05, 4.69) is 17.0 Å². The summed E-state index contributed by atoms with van der Waals surface area (Å²) in [4.78, 5) is 2.10. The Labute approximate surface area is 79.8 Å². The monoisotopic (exact) mass is 179 g/mol. The second kappa shape index (κ2) is 4.87. The molecule has 0 unspecified atom stereocenters. The van der Waals surface area contributed by atoms with Crippen LogP contribution in [0.1, 0.15) is 12.0 Å². The number of rotatable bonds is 4. The van der Waals surface area contributed by atoms with Crippen molar-refractivity contribution in [1.82, 2.24) is 0 Å². The summed E-state index contributed by atoms with van der Waals surface area (Å²) >= 11 is 0. The topological polar surface area (TPSA) is 23.5 Å². The lowest BCUT2D eigenvalue weighted by Crippen LogP contribution is -2.11. The molecule has 1 aromatic rings. The van der Waals surface area contributed by atoms with E-state index in [0.717, 1.165) is 12.8 Å². The van der Waals surface area contributed by atoms with Crippen LogP contribution < -0.4 is 4.90 Å². The molecule has 0 saturated carbocycles. The van der Waals surface area contributed by atoms with Crippen LogP contribution in [0, 0.1) is 0 Å². The zero-order valence-corrected chi connectivity index (χ0v) is 8.33. The van der Waals surface area contributed by atoms with Gasteiger partial charge in [0, 0.05) is 26.4 Å². The fraction of sp³-hybridized carbons (Fsp3) is 0.455. The Bertz CT molecular complexity index is 258. The first-order chi connectivity index (χ1) is 6.25. The van der Waals surface area contributed by atoms with E-state index in [-0.39, 0.29) is 6.61 Å². The van der Waals surface area contributed by atoms with Gasteiger partial charge in [-0.15, -0.1) is 0 Å². The molecule has 0 atom stereocenters. The first kappa shape index (κ1) is 10.1. The maximum Gasteiger partial charge on any atom is 0.0434 e. The predicted molar refractivity (Wildman–Crippen MR) is 56.2 cm³/mol. The number of anilines is 1. The van der Waals surface area contributed by atoms with Gasteiger partial charge in [-0.3, -0.25) is 0 Å². The number of aliphatic hydroxyl groups excluding tert-OH is 1. The van der Waals surface area contributed by atoms with E-state index in [1.165, 1.54) is 11.3 Å². The molecule has 0 aliphatic rings. The minimum atomic E-state index is 0.266. The second-order valence-electron chi connectivity index (χ2n) is 3.35. The molecule has 1 rings (SSSR count). The largest absolute Gasteiger partial charge is 0.396 e. The number of hydrogen-bond donors (Lipinski definition) is 1. The summed E-state index contributed by atoms with van der Waals surface area (Å²) in [7, 11) is 4.08. The van der Waals surface area contributed by atoms with Crippen molar-refractivity contribution in [2.45, 2.75) is 12.8 Å². The van der Waals surface area contributed by atoms with E-state index in [9.17, 15) is 0 Å². The van der Waals surface area contributed by atoms with Crippen LogP contribution in [-0.2, 0) is 6.42 Å². The fourth-order valence-corrected chi connectivity index (χ4v) is 1.43. The molecule has 0 fully saturated rings. The molecule has 0 aliphatic carbocycles. The standard InChI is InChI=1S/C11H17NO/c1-12(2)11-8-4-3-6-10(11)7-5-9-13/h3-4,6,8,13H,5,7,9H2,1-2H3. The van der Waals surface area contributed by atoms with Crippen molar-refractivity contribution in [1.29, 1.82) is 0 Å². The molecule has 2 nitrogen and oxygen atoms in total. The summed E-state index contributed by atoms with van der Waals surface area (Å²) in [6.07, 6.45) is 1.79. The molecule has 0 saturated heterocycles. The number of aliphatic hydroxyl groups is 1. The Balaban J connectivity index is 2.78. The highest BCUT2D eigenvalue weighted by Crippen LogP contribution is 2.18. The number of para-hydroxylation sites is 1. The number of benzene rings is 1. The normalized spacial score (nSPS) is 10.1. The van der Waals surface area contributed by atoms with Crippen molar-refractivity contribution in [3.63, 3.8) is 0 Å². The zero-order valence-electron chi connectivity index (χ0n) is 8.33. The summed E-state index contributed by atoms with van der Waals surface area (Å²) in [5.41, 5.74) is 2.55. The van der Waals surface area contributed by atoms with Gasteiger partial charge in [-0.2, -0.15) is 0 Å². The maximum atomic E-state index is 8.74. The van der Waals surface area contributed by atoms with Gasteiger partial charge in [-0.25, -0.2) is 0 Å². The van der Waals surface area contributed by atoms with E-state index in [4.69, 9.17) is 5.11 Å². The zero-order chi connectivity index (χ0) is 9.68. The molecule has 0 heterocycles. The van der Waals surface area contributed by atoms with Gasteiger partial charge in [0.2, 0.25) is 0 Å². The maximum absolute atomic E-state index is 8.74. The highest BCUT2D eigenvalue weighted by atomic mass is 16.2. The Morgan fingerprint density at radius 1 is 1.23 bits per heavy atom. The van der Waals surface area contributed by atoms with Gasteiger partial charge in [0.1, 0.15) is 0 Å². The van der Waals surface area contributed by atoms with Gasteiger partial charge >= 0.3 is 0 Å². The van der Waals surface area contributed by atoms with Crippen molar-refractivity contribution in [2.75, 3.05) is 25.6 Å². The van der Waals surface area contributed by atoms with Gasteiger partial charge in [0.05, 0.1) is 0 Å². The molecule has 2 heteroatoms. The van der Waals surface area contributed by atoms with E-state index < -0.39 is 0 Å². The Morgan fingerprint density at radius 3 is 2.54 bits per heavy atom. The number of hydrogen-bond acceptors (Lipinski definition) is 2. The van der Waals surface area contributed by atoms with Crippen molar-refractivity contribution in [2.24, 2.45) is 0 Å². The molecule has 1 aromatic carbocycles. The third-order valence-corrected chi connectivity index (χ3v) is 2.08. The molecule has 0 spiro atoms. The van der Waals surface area contributed by atoms with Crippen LogP contribution in [-0.4, -0.2) is 25.8 Å². The van der Waals surface area contributed by atoms with Crippen LogP contribution in [0.3, 0.4) is 0 Å². The van der Waals surface area contributed by atoms with Crippen molar-refractivity contribution < 1.29 is 5.11 Å². The molecular weight excluding hydrogens is 162 g/mol. The summed E-state index contributed by atoms with van der Waals surface area (Å²) in [6, 6.07) is 8.30. The van der Waals surface area contributed by atoms with Crippen LogP contribution in [0.25, 0.3) is 0 Å². The highest BCUT2D eigenvalue weighted by molar-refractivity contribution is 5.52. The lowest BCUT2D eigenvalue weighted by atomic mass is 10.1. The van der Waals surface area contributed by atoms with Crippen LogP contribution in [0.4, 0.5) is 5.69 Å². The van der Waals surface area contributed by atoms with Crippen molar-refractivity contribution in [3.05, 3.63) is 29.8 Å². The Kier molecular flexibility index (Phi) is 3.77. The van der Waals surface area contributed by atoms with Gasteiger partial charge in [0.25, 0.3) is 0 Å². The van der Waals surface area contributed by atoms with Crippen LogP contribution in [0.15, 0.2) is 24.3 Å². The van der Waals surface area contributed by atoms with Crippen molar-refractivity contribution >= 4 is 5.69 Å². The van der Waals surface area contributed by atoms with Crippen molar-refractivity contribution in [3.8, 4) is 0 Å². The van der Waals surface area contributed by atoms with Gasteiger partial charge in [0.15, 0.2) is 0 Å².